The zero-order chi connectivity index (χ0) is 10.5. The molecule has 0 saturated carbocycles. The number of benzene rings is 1. The molecule has 74 valence electrons. The molecule has 0 aliphatic carbocycles. The first-order valence-electron chi connectivity index (χ1n) is 4.49. The monoisotopic (exact) mass is 199 g/mol. The van der Waals surface area contributed by atoms with E-state index in [2.05, 4.69) is 15.3 Å². The van der Waals surface area contributed by atoms with Crippen LogP contribution in [0.5, 0.6) is 0 Å². The molecule has 15 heavy (non-hydrogen) atoms. The maximum Gasteiger partial charge on any atom is 0.194 e. The van der Waals surface area contributed by atoms with Crippen molar-refractivity contribution in [3.63, 3.8) is 0 Å². The molecule has 2 aromatic rings. The van der Waals surface area contributed by atoms with Crippen LogP contribution in [0.3, 0.4) is 0 Å². The molecule has 2 rings (SSSR count). The molecule has 0 fully saturated rings. The quantitative estimate of drug-likeness (QED) is 0.768. The minimum absolute atomic E-state index is 0.177. The van der Waals surface area contributed by atoms with Crippen LogP contribution in [0.15, 0.2) is 42.6 Å². The van der Waals surface area contributed by atoms with E-state index in [-0.39, 0.29) is 5.82 Å². The fraction of sp³-hybridized carbons (Fsp3) is 0. The highest BCUT2D eigenvalue weighted by Crippen LogP contribution is 2.12. The SMILES string of the molecule is O=Cc1nccc(Nc2ccccc2)n1. The lowest BCUT2D eigenvalue weighted by Crippen LogP contribution is -1.97. The first kappa shape index (κ1) is 9.33. The van der Waals surface area contributed by atoms with Crippen LogP contribution in [0.25, 0.3) is 0 Å². The van der Waals surface area contributed by atoms with Crippen molar-refractivity contribution in [1.29, 1.82) is 0 Å². The van der Waals surface area contributed by atoms with Gasteiger partial charge in [-0.1, -0.05) is 18.2 Å². The second-order valence-electron chi connectivity index (χ2n) is 2.91. The van der Waals surface area contributed by atoms with E-state index in [0.717, 1.165) is 5.69 Å². The van der Waals surface area contributed by atoms with Crippen LogP contribution in [-0.4, -0.2) is 16.3 Å². The molecule has 4 heteroatoms. The predicted molar refractivity (Wildman–Crippen MR) is 57.1 cm³/mol. The molecule has 0 amide bonds. The van der Waals surface area contributed by atoms with Crippen LogP contribution in [0.2, 0.25) is 0 Å². The molecule has 0 aliphatic heterocycles. The van der Waals surface area contributed by atoms with E-state index in [1.54, 1.807) is 12.3 Å². The average Bonchev–Trinajstić information content (AvgIpc) is 2.31. The van der Waals surface area contributed by atoms with Gasteiger partial charge in [0.05, 0.1) is 0 Å². The minimum Gasteiger partial charge on any atom is -0.340 e. The van der Waals surface area contributed by atoms with Gasteiger partial charge < -0.3 is 5.32 Å². The normalized spacial score (nSPS) is 9.60. The van der Waals surface area contributed by atoms with Gasteiger partial charge in [-0.25, -0.2) is 9.97 Å². The van der Waals surface area contributed by atoms with Crippen molar-refractivity contribution in [3.05, 3.63) is 48.4 Å². The first-order valence-corrected chi connectivity index (χ1v) is 4.49. The maximum atomic E-state index is 10.5. The van der Waals surface area contributed by atoms with Crippen molar-refractivity contribution in [2.45, 2.75) is 0 Å². The number of rotatable bonds is 3. The van der Waals surface area contributed by atoms with E-state index in [0.29, 0.717) is 12.1 Å². The molecule has 1 heterocycles. The Bertz CT molecular complexity index is 456. The molecule has 0 saturated heterocycles. The van der Waals surface area contributed by atoms with Crippen molar-refractivity contribution in [2.24, 2.45) is 0 Å². The summed E-state index contributed by atoms with van der Waals surface area (Å²) < 4.78 is 0. The molecular weight excluding hydrogens is 190 g/mol. The van der Waals surface area contributed by atoms with Crippen LogP contribution in [0.4, 0.5) is 11.5 Å². The highest BCUT2D eigenvalue weighted by atomic mass is 16.1. The third kappa shape index (κ3) is 2.37. The lowest BCUT2D eigenvalue weighted by atomic mass is 10.3. The molecule has 0 aliphatic rings. The van der Waals surface area contributed by atoms with Gasteiger partial charge in [-0.3, -0.25) is 4.79 Å². The second-order valence-corrected chi connectivity index (χ2v) is 2.91. The number of hydrogen-bond acceptors (Lipinski definition) is 4. The van der Waals surface area contributed by atoms with Crippen molar-refractivity contribution in [2.75, 3.05) is 5.32 Å². The van der Waals surface area contributed by atoms with Crippen molar-refractivity contribution in [3.8, 4) is 0 Å². The van der Waals surface area contributed by atoms with E-state index in [1.807, 2.05) is 30.3 Å². The summed E-state index contributed by atoms with van der Waals surface area (Å²) in [7, 11) is 0. The van der Waals surface area contributed by atoms with Crippen LogP contribution in [0.1, 0.15) is 10.6 Å². The van der Waals surface area contributed by atoms with Crippen LogP contribution in [-0.2, 0) is 0 Å². The Labute approximate surface area is 87.0 Å². The Morgan fingerprint density at radius 3 is 2.67 bits per heavy atom. The standard InChI is InChI=1S/C11H9N3O/c15-8-11-12-7-6-10(14-11)13-9-4-2-1-3-5-9/h1-8H,(H,12,13,14). The number of para-hydroxylation sites is 1. The third-order valence-electron chi connectivity index (χ3n) is 1.83. The lowest BCUT2D eigenvalue weighted by Gasteiger charge is -2.04. The zero-order valence-corrected chi connectivity index (χ0v) is 7.92. The van der Waals surface area contributed by atoms with Gasteiger partial charge >= 0.3 is 0 Å². The molecule has 0 bridgehead atoms. The topological polar surface area (TPSA) is 54.9 Å². The Morgan fingerprint density at radius 1 is 1.13 bits per heavy atom. The van der Waals surface area contributed by atoms with Gasteiger partial charge in [0.25, 0.3) is 0 Å². The van der Waals surface area contributed by atoms with Gasteiger partial charge in [0.15, 0.2) is 12.1 Å². The van der Waals surface area contributed by atoms with E-state index in [4.69, 9.17) is 0 Å². The molecule has 1 aromatic heterocycles. The fourth-order valence-electron chi connectivity index (χ4n) is 1.17. The number of hydrogen-bond donors (Lipinski definition) is 1. The summed E-state index contributed by atoms with van der Waals surface area (Å²) in [6.07, 6.45) is 2.16. The summed E-state index contributed by atoms with van der Waals surface area (Å²) in [5, 5.41) is 3.07. The first-order chi connectivity index (χ1) is 7.38. The largest absolute Gasteiger partial charge is 0.340 e. The summed E-state index contributed by atoms with van der Waals surface area (Å²) in [5.74, 6) is 0.786. The summed E-state index contributed by atoms with van der Waals surface area (Å²) in [5.41, 5.74) is 0.924. The average molecular weight is 199 g/mol. The molecule has 0 spiro atoms. The summed E-state index contributed by atoms with van der Waals surface area (Å²) in [6, 6.07) is 11.3. The number of anilines is 2. The van der Waals surface area contributed by atoms with E-state index in [1.165, 1.54) is 0 Å². The Kier molecular flexibility index (Phi) is 2.69. The van der Waals surface area contributed by atoms with Crippen LogP contribution >= 0.6 is 0 Å². The number of nitrogens with one attached hydrogen (secondary N) is 1. The smallest absolute Gasteiger partial charge is 0.194 e. The number of nitrogens with zero attached hydrogens (tertiary/aromatic N) is 2. The Morgan fingerprint density at radius 2 is 1.93 bits per heavy atom. The van der Waals surface area contributed by atoms with Crippen molar-refractivity contribution < 1.29 is 4.79 Å². The van der Waals surface area contributed by atoms with Gasteiger partial charge in [0.1, 0.15) is 5.82 Å². The van der Waals surface area contributed by atoms with Gasteiger partial charge in [-0.05, 0) is 18.2 Å². The van der Waals surface area contributed by atoms with Crippen molar-refractivity contribution in [1.82, 2.24) is 9.97 Å². The van der Waals surface area contributed by atoms with Gasteiger partial charge in [-0.15, -0.1) is 0 Å². The molecule has 1 N–H and O–H groups in total. The van der Waals surface area contributed by atoms with E-state index in [9.17, 15) is 4.79 Å². The van der Waals surface area contributed by atoms with Crippen molar-refractivity contribution >= 4 is 17.8 Å². The van der Waals surface area contributed by atoms with Gasteiger partial charge in [0, 0.05) is 11.9 Å². The molecule has 1 aromatic carbocycles. The molecule has 0 unspecified atom stereocenters. The Hall–Kier alpha value is -2.23. The zero-order valence-electron chi connectivity index (χ0n) is 7.92. The van der Waals surface area contributed by atoms with Gasteiger partial charge in [0.2, 0.25) is 0 Å². The van der Waals surface area contributed by atoms with Crippen LogP contribution in [0, 0.1) is 0 Å². The maximum absolute atomic E-state index is 10.5. The molecule has 0 atom stereocenters. The molecular formula is C11H9N3O. The summed E-state index contributed by atoms with van der Waals surface area (Å²) in [6.45, 7) is 0. The molecule has 0 radical (unpaired) electrons. The summed E-state index contributed by atoms with van der Waals surface area (Å²) >= 11 is 0. The van der Waals surface area contributed by atoms with Gasteiger partial charge in [-0.2, -0.15) is 0 Å². The Balaban J connectivity index is 2.21. The number of carbonyl (C=O) groups is 1. The number of carbonyl (C=O) groups excluding carboxylic acids is 1. The minimum atomic E-state index is 0.177. The highest BCUT2D eigenvalue weighted by molar-refractivity contribution is 5.70. The predicted octanol–water partition coefficient (Wildman–Crippen LogP) is 2.03. The lowest BCUT2D eigenvalue weighted by molar-refractivity contribution is 0.111. The number of aldehydes is 1. The van der Waals surface area contributed by atoms with E-state index < -0.39 is 0 Å². The van der Waals surface area contributed by atoms with Crippen LogP contribution < -0.4 is 5.32 Å². The number of aromatic nitrogens is 2. The third-order valence-corrected chi connectivity index (χ3v) is 1.83. The molecule has 4 nitrogen and oxygen atoms in total. The second kappa shape index (κ2) is 4.32. The highest BCUT2D eigenvalue weighted by Gasteiger charge is 1.97. The summed E-state index contributed by atoms with van der Waals surface area (Å²) in [4.78, 5) is 18.2. The van der Waals surface area contributed by atoms with E-state index >= 15 is 0 Å². The fourth-order valence-corrected chi connectivity index (χ4v) is 1.17.